The van der Waals surface area contributed by atoms with Gasteiger partial charge in [0.1, 0.15) is 0 Å². The standard InChI is InChI=1S/C12H26N4O/c1-3-11(4-5-13)16-8-6-15(7-9-16)10(2)12(14)17/h10-11H,3-9,13H2,1-2H3,(H2,14,17). The third kappa shape index (κ3) is 3.94. The minimum absolute atomic E-state index is 0.147. The van der Waals surface area contributed by atoms with Crippen LogP contribution in [0.15, 0.2) is 0 Å². The van der Waals surface area contributed by atoms with E-state index in [0.29, 0.717) is 6.04 Å². The summed E-state index contributed by atoms with van der Waals surface area (Å²) in [6.07, 6.45) is 2.20. The third-order valence-electron chi connectivity index (χ3n) is 3.80. The van der Waals surface area contributed by atoms with Crippen LogP contribution in [0.2, 0.25) is 0 Å². The van der Waals surface area contributed by atoms with Gasteiger partial charge in [0.05, 0.1) is 6.04 Å². The molecule has 0 radical (unpaired) electrons. The number of rotatable bonds is 6. The maximum absolute atomic E-state index is 11.1. The van der Waals surface area contributed by atoms with Crippen molar-refractivity contribution in [1.29, 1.82) is 0 Å². The molecule has 100 valence electrons. The molecule has 2 atom stereocenters. The lowest BCUT2D eigenvalue weighted by molar-refractivity contribution is -0.123. The van der Waals surface area contributed by atoms with Gasteiger partial charge >= 0.3 is 0 Å². The average molecular weight is 242 g/mol. The first kappa shape index (κ1) is 14.4. The van der Waals surface area contributed by atoms with Crippen LogP contribution in [0.5, 0.6) is 0 Å². The summed E-state index contributed by atoms with van der Waals surface area (Å²) in [5.41, 5.74) is 11.0. The largest absolute Gasteiger partial charge is 0.368 e. The predicted molar refractivity (Wildman–Crippen MR) is 69.6 cm³/mol. The molecule has 0 spiro atoms. The van der Waals surface area contributed by atoms with Gasteiger partial charge in [-0.05, 0) is 26.3 Å². The normalized spacial score (nSPS) is 22.3. The fourth-order valence-electron chi connectivity index (χ4n) is 2.51. The van der Waals surface area contributed by atoms with E-state index in [1.165, 1.54) is 0 Å². The number of nitrogens with zero attached hydrogens (tertiary/aromatic N) is 2. The minimum atomic E-state index is -0.229. The van der Waals surface area contributed by atoms with E-state index in [1.54, 1.807) is 0 Å². The monoisotopic (exact) mass is 242 g/mol. The summed E-state index contributed by atoms with van der Waals surface area (Å²) in [7, 11) is 0. The smallest absolute Gasteiger partial charge is 0.234 e. The predicted octanol–water partition coefficient (Wildman–Crippen LogP) is -0.395. The van der Waals surface area contributed by atoms with Crippen LogP contribution in [0.3, 0.4) is 0 Å². The van der Waals surface area contributed by atoms with Crippen molar-refractivity contribution in [2.24, 2.45) is 11.5 Å². The van der Waals surface area contributed by atoms with Gasteiger partial charge in [-0.15, -0.1) is 0 Å². The van der Waals surface area contributed by atoms with Gasteiger partial charge in [0.15, 0.2) is 0 Å². The fourth-order valence-corrected chi connectivity index (χ4v) is 2.51. The molecule has 0 aromatic carbocycles. The van der Waals surface area contributed by atoms with Gasteiger partial charge in [0, 0.05) is 32.2 Å². The summed E-state index contributed by atoms with van der Waals surface area (Å²) < 4.78 is 0. The lowest BCUT2D eigenvalue weighted by Gasteiger charge is -2.40. The Morgan fingerprint density at radius 3 is 2.18 bits per heavy atom. The van der Waals surface area contributed by atoms with Crippen molar-refractivity contribution < 1.29 is 4.79 Å². The van der Waals surface area contributed by atoms with Crippen molar-refractivity contribution in [3.8, 4) is 0 Å². The molecule has 5 nitrogen and oxygen atoms in total. The van der Waals surface area contributed by atoms with Gasteiger partial charge in [0.2, 0.25) is 5.91 Å². The minimum Gasteiger partial charge on any atom is -0.368 e. The molecule has 1 aliphatic rings. The second kappa shape index (κ2) is 6.93. The molecule has 4 N–H and O–H groups in total. The second-order valence-corrected chi connectivity index (χ2v) is 4.79. The zero-order chi connectivity index (χ0) is 12.8. The Balaban J connectivity index is 2.41. The summed E-state index contributed by atoms with van der Waals surface area (Å²) in [6.45, 7) is 8.70. The van der Waals surface area contributed by atoms with Crippen LogP contribution < -0.4 is 11.5 Å². The molecule has 1 saturated heterocycles. The zero-order valence-electron chi connectivity index (χ0n) is 11.1. The number of carbonyl (C=O) groups is 1. The van der Waals surface area contributed by atoms with Crippen molar-refractivity contribution in [2.45, 2.75) is 38.8 Å². The lowest BCUT2D eigenvalue weighted by Crippen LogP contribution is -2.55. The van der Waals surface area contributed by atoms with E-state index in [0.717, 1.165) is 45.6 Å². The molecule has 1 heterocycles. The van der Waals surface area contributed by atoms with Gasteiger partial charge < -0.3 is 11.5 Å². The van der Waals surface area contributed by atoms with Gasteiger partial charge in [-0.1, -0.05) is 6.92 Å². The third-order valence-corrected chi connectivity index (χ3v) is 3.80. The molecule has 1 rings (SSSR count). The first-order chi connectivity index (χ1) is 8.10. The van der Waals surface area contributed by atoms with Gasteiger partial charge in [-0.2, -0.15) is 0 Å². The molecule has 5 heteroatoms. The van der Waals surface area contributed by atoms with Crippen LogP contribution in [-0.2, 0) is 4.79 Å². The number of amides is 1. The van der Waals surface area contributed by atoms with E-state index in [2.05, 4.69) is 16.7 Å². The van der Waals surface area contributed by atoms with Crippen molar-refractivity contribution in [3.05, 3.63) is 0 Å². The highest BCUT2D eigenvalue weighted by molar-refractivity contribution is 5.79. The Hall–Kier alpha value is -0.650. The Kier molecular flexibility index (Phi) is 5.88. The van der Waals surface area contributed by atoms with Crippen LogP contribution in [0.25, 0.3) is 0 Å². The van der Waals surface area contributed by atoms with E-state index in [4.69, 9.17) is 11.5 Å². The maximum Gasteiger partial charge on any atom is 0.234 e. The van der Waals surface area contributed by atoms with Gasteiger partial charge in [-0.3, -0.25) is 14.6 Å². The van der Waals surface area contributed by atoms with Crippen LogP contribution >= 0.6 is 0 Å². The second-order valence-electron chi connectivity index (χ2n) is 4.79. The van der Waals surface area contributed by atoms with Crippen LogP contribution in [0.4, 0.5) is 0 Å². The quantitative estimate of drug-likeness (QED) is 0.665. The molecule has 0 bridgehead atoms. The van der Waals surface area contributed by atoms with E-state index in [-0.39, 0.29) is 11.9 Å². The van der Waals surface area contributed by atoms with Crippen molar-refractivity contribution >= 4 is 5.91 Å². The Bertz CT molecular complexity index is 239. The van der Waals surface area contributed by atoms with Crippen molar-refractivity contribution in [2.75, 3.05) is 32.7 Å². The first-order valence-electron chi connectivity index (χ1n) is 6.57. The number of nitrogens with two attached hydrogens (primary N) is 2. The number of hydrogen-bond acceptors (Lipinski definition) is 4. The number of hydrogen-bond donors (Lipinski definition) is 2. The molecule has 2 unspecified atom stereocenters. The molecule has 0 aromatic heterocycles. The van der Waals surface area contributed by atoms with Crippen molar-refractivity contribution in [3.63, 3.8) is 0 Å². The molecule has 0 saturated carbocycles. The highest BCUT2D eigenvalue weighted by atomic mass is 16.1. The first-order valence-corrected chi connectivity index (χ1v) is 6.57. The Labute approximate surface area is 104 Å². The van der Waals surface area contributed by atoms with E-state index in [9.17, 15) is 4.79 Å². The molecule has 17 heavy (non-hydrogen) atoms. The number of primary amides is 1. The summed E-state index contributed by atoms with van der Waals surface area (Å²) in [5.74, 6) is -0.229. The molecule has 1 fully saturated rings. The molecule has 0 aromatic rings. The highest BCUT2D eigenvalue weighted by Crippen LogP contribution is 2.13. The highest BCUT2D eigenvalue weighted by Gasteiger charge is 2.26. The zero-order valence-corrected chi connectivity index (χ0v) is 11.1. The van der Waals surface area contributed by atoms with Gasteiger partial charge in [-0.25, -0.2) is 0 Å². The van der Waals surface area contributed by atoms with Crippen LogP contribution in [-0.4, -0.2) is 60.5 Å². The summed E-state index contributed by atoms with van der Waals surface area (Å²) >= 11 is 0. The Morgan fingerprint density at radius 2 is 1.76 bits per heavy atom. The number of piperazine rings is 1. The van der Waals surface area contributed by atoms with Crippen LogP contribution in [0.1, 0.15) is 26.7 Å². The summed E-state index contributed by atoms with van der Waals surface area (Å²) in [6, 6.07) is 0.442. The molecule has 1 amide bonds. The van der Waals surface area contributed by atoms with Gasteiger partial charge in [0.25, 0.3) is 0 Å². The number of carbonyl (C=O) groups excluding carboxylic acids is 1. The average Bonchev–Trinajstić information content (AvgIpc) is 2.35. The van der Waals surface area contributed by atoms with E-state index in [1.807, 2.05) is 6.92 Å². The van der Waals surface area contributed by atoms with E-state index >= 15 is 0 Å². The Morgan fingerprint density at radius 1 is 1.24 bits per heavy atom. The molecule has 1 aliphatic heterocycles. The lowest BCUT2D eigenvalue weighted by atomic mass is 10.1. The van der Waals surface area contributed by atoms with E-state index < -0.39 is 0 Å². The summed E-state index contributed by atoms with van der Waals surface area (Å²) in [4.78, 5) is 15.8. The SMILES string of the molecule is CCC(CCN)N1CCN(C(C)C(N)=O)CC1. The van der Waals surface area contributed by atoms with Crippen molar-refractivity contribution in [1.82, 2.24) is 9.80 Å². The molecular weight excluding hydrogens is 216 g/mol. The molecular formula is C12H26N4O. The van der Waals surface area contributed by atoms with Crippen LogP contribution in [0, 0.1) is 0 Å². The maximum atomic E-state index is 11.1. The fraction of sp³-hybridized carbons (Fsp3) is 0.917. The topological polar surface area (TPSA) is 75.6 Å². The molecule has 0 aliphatic carbocycles. The summed E-state index contributed by atoms with van der Waals surface area (Å²) in [5, 5.41) is 0.